The molecular formula is C26H41N3O2S. The minimum Gasteiger partial charge on any atom is -0.458 e. The maximum atomic E-state index is 11.7. The van der Waals surface area contributed by atoms with Crippen LogP contribution in [0.1, 0.15) is 71.6 Å². The van der Waals surface area contributed by atoms with Gasteiger partial charge in [-0.3, -0.25) is 4.99 Å². The maximum absolute atomic E-state index is 11.7. The van der Waals surface area contributed by atoms with Crippen molar-refractivity contribution >= 4 is 23.7 Å². The molecule has 4 aliphatic carbocycles. The monoisotopic (exact) mass is 459 g/mol. The van der Waals surface area contributed by atoms with Gasteiger partial charge in [0.05, 0.1) is 6.54 Å². The average Bonchev–Trinajstić information content (AvgIpc) is 3.33. The molecular weight excluding hydrogens is 418 g/mol. The second kappa shape index (κ2) is 8.56. The molecule has 6 heteroatoms. The molecule has 0 aromatic rings. The standard InChI is InChI=1S/C26H41N3O2S/c1-25-9-7-18(32-12-11-29-24(27)28)14-17(25)3-4-19-21-6-5-20(16-13-23(30)31-15-16)26(21,2)10-8-22(19)25/h13,17-22H,3-12,14-15H2,1-2H3,(H4,27,28,29)/t17-,18+,19+,20-,21+,22+,25+,26-/m1/s1. The SMILES string of the molecule is C[C@]12CC[C@H](SCCN=C(N)N)C[C@H]1CC[C@@H]1[C@@H]2CC[C@]2(C)[C@@H](C3=CC(=O)OC3)CC[C@@H]12. The summed E-state index contributed by atoms with van der Waals surface area (Å²) in [6.07, 6.45) is 14.1. The van der Waals surface area contributed by atoms with Crippen molar-refractivity contribution in [3.63, 3.8) is 0 Å². The second-order valence-electron chi connectivity index (χ2n) is 11.7. The molecule has 0 aromatic heterocycles. The fraction of sp³-hybridized carbons (Fsp3) is 0.846. The van der Waals surface area contributed by atoms with Crippen molar-refractivity contribution in [3.8, 4) is 0 Å². The van der Waals surface area contributed by atoms with Crippen molar-refractivity contribution < 1.29 is 9.53 Å². The molecule has 4 fully saturated rings. The van der Waals surface area contributed by atoms with Gasteiger partial charge in [0.25, 0.3) is 0 Å². The molecule has 1 aliphatic heterocycles. The number of esters is 1. The van der Waals surface area contributed by atoms with Gasteiger partial charge in [0, 0.05) is 17.1 Å². The van der Waals surface area contributed by atoms with E-state index >= 15 is 0 Å². The first-order valence-electron chi connectivity index (χ1n) is 12.9. The minimum absolute atomic E-state index is 0.123. The van der Waals surface area contributed by atoms with E-state index in [-0.39, 0.29) is 11.9 Å². The average molecular weight is 460 g/mol. The van der Waals surface area contributed by atoms with Crippen molar-refractivity contribution in [2.24, 2.45) is 56.9 Å². The van der Waals surface area contributed by atoms with Gasteiger partial charge in [-0.25, -0.2) is 4.79 Å². The minimum atomic E-state index is -0.123. The number of carbonyl (C=O) groups is 1. The first-order chi connectivity index (χ1) is 15.3. The quantitative estimate of drug-likeness (QED) is 0.273. The van der Waals surface area contributed by atoms with Gasteiger partial charge >= 0.3 is 5.97 Å². The van der Waals surface area contributed by atoms with Gasteiger partial charge in [0.2, 0.25) is 0 Å². The number of rotatable bonds is 5. The van der Waals surface area contributed by atoms with E-state index in [2.05, 4.69) is 30.6 Å². The Morgan fingerprint density at radius 3 is 2.62 bits per heavy atom. The number of hydrogen-bond acceptors (Lipinski definition) is 4. The summed E-state index contributed by atoms with van der Waals surface area (Å²) in [5.41, 5.74) is 13.1. The van der Waals surface area contributed by atoms with E-state index in [9.17, 15) is 4.79 Å². The van der Waals surface area contributed by atoms with Crippen molar-refractivity contribution in [2.45, 2.75) is 76.9 Å². The summed E-state index contributed by atoms with van der Waals surface area (Å²) in [6, 6.07) is 0. The number of nitrogens with zero attached hydrogens (tertiary/aromatic N) is 1. The summed E-state index contributed by atoms with van der Waals surface area (Å²) >= 11 is 2.09. The third kappa shape index (κ3) is 3.78. The smallest absolute Gasteiger partial charge is 0.331 e. The third-order valence-corrected chi connectivity index (χ3v) is 11.8. The lowest BCUT2D eigenvalue weighted by molar-refractivity contribution is -0.135. The van der Waals surface area contributed by atoms with Crippen molar-refractivity contribution in [1.29, 1.82) is 0 Å². The zero-order valence-electron chi connectivity index (χ0n) is 19.9. The van der Waals surface area contributed by atoms with Gasteiger partial charge in [-0.05, 0) is 104 Å². The number of guanidine groups is 1. The van der Waals surface area contributed by atoms with Crippen molar-refractivity contribution in [1.82, 2.24) is 0 Å². The molecule has 1 heterocycles. The molecule has 32 heavy (non-hydrogen) atoms. The Kier molecular flexibility index (Phi) is 6.05. The van der Waals surface area contributed by atoms with Gasteiger partial charge in [0.15, 0.2) is 5.96 Å². The van der Waals surface area contributed by atoms with Crippen molar-refractivity contribution in [2.75, 3.05) is 18.9 Å². The van der Waals surface area contributed by atoms with E-state index in [1.807, 2.05) is 6.08 Å². The Labute approximate surface area is 197 Å². The lowest BCUT2D eigenvalue weighted by Gasteiger charge is -2.61. The molecule has 0 radical (unpaired) electrons. The largest absolute Gasteiger partial charge is 0.458 e. The summed E-state index contributed by atoms with van der Waals surface area (Å²) < 4.78 is 5.30. The van der Waals surface area contributed by atoms with Crippen LogP contribution < -0.4 is 11.5 Å². The molecule has 5 rings (SSSR count). The highest BCUT2D eigenvalue weighted by Gasteiger charge is 2.60. The Bertz CT molecular complexity index is 809. The van der Waals surface area contributed by atoms with Crippen LogP contribution in [-0.2, 0) is 9.53 Å². The van der Waals surface area contributed by atoms with E-state index in [1.165, 1.54) is 63.4 Å². The highest BCUT2D eigenvalue weighted by Crippen LogP contribution is 2.68. The van der Waals surface area contributed by atoms with Crippen LogP contribution in [0, 0.1) is 40.4 Å². The molecule has 178 valence electrons. The number of cyclic esters (lactones) is 1. The van der Waals surface area contributed by atoms with Crippen LogP contribution in [0.5, 0.6) is 0 Å². The molecule has 5 aliphatic rings. The number of carbonyl (C=O) groups excluding carboxylic acids is 1. The Morgan fingerprint density at radius 1 is 1.09 bits per heavy atom. The molecule has 8 atom stereocenters. The number of aliphatic imine (C=N–C) groups is 1. The number of hydrogen-bond donors (Lipinski definition) is 2. The third-order valence-electron chi connectivity index (χ3n) is 10.5. The fourth-order valence-corrected chi connectivity index (χ4v) is 10.1. The van der Waals surface area contributed by atoms with E-state index in [0.717, 1.165) is 41.2 Å². The first-order valence-corrected chi connectivity index (χ1v) is 13.9. The highest BCUT2D eigenvalue weighted by atomic mass is 32.2. The van der Waals surface area contributed by atoms with Crippen LogP contribution in [0.2, 0.25) is 0 Å². The molecule has 5 nitrogen and oxygen atoms in total. The summed E-state index contributed by atoms with van der Waals surface area (Å²) in [5, 5.41) is 0.774. The van der Waals surface area contributed by atoms with Crippen LogP contribution in [-0.4, -0.2) is 36.1 Å². The Balaban J connectivity index is 1.25. The van der Waals surface area contributed by atoms with E-state index < -0.39 is 0 Å². The van der Waals surface area contributed by atoms with Gasteiger partial charge in [-0.1, -0.05) is 13.8 Å². The number of nitrogens with two attached hydrogens (primary N) is 2. The van der Waals surface area contributed by atoms with Crippen molar-refractivity contribution in [3.05, 3.63) is 11.6 Å². The number of ether oxygens (including phenoxy) is 1. The Morgan fingerprint density at radius 2 is 1.88 bits per heavy atom. The normalized spacial score (nSPS) is 45.3. The molecule has 0 amide bonds. The molecule has 0 unspecified atom stereocenters. The topological polar surface area (TPSA) is 90.7 Å². The molecule has 0 bridgehead atoms. The van der Waals surface area contributed by atoms with E-state index in [4.69, 9.17) is 16.2 Å². The number of fused-ring (bicyclic) bond motifs is 5. The van der Waals surface area contributed by atoms with Gasteiger partial charge in [-0.15, -0.1) is 0 Å². The van der Waals surface area contributed by atoms with Gasteiger partial charge < -0.3 is 16.2 Å². The van der Waals surface area contributed by atoms with Crippen LogP contribution in [0.4, 0.5) is 0 Å². The first kappa shape index (κ1) is 22.6. The van der Waals surface area contributed by atoms with Crippen LogP contribution in [0.25, 0.3) is 0 Å². The summed E-state index contributed by atoms with van der Waals surface area (Å²) in [4.78, 5) is 15.9. The molecule has 4 saturated carbocycles. The Hall–Kier alpha value is -1.17. The highest BCUT2D eigenvalue weighted by molar-refractivity contribution is 7.99. The summed E-state index contributed by atoms with van der Waals surface area (Å²) in [7, 11) is 0. The molecule has 0 aromatic carbocycles. The zero-order chi connectivity index (χ0) is 22.5. The molecule has 0 saturated heterocycles. The lowest BCUT2D eigenvalue weighted by atomic mass is 9.44. The molecule has 0 spiro atoms. The fourth-order valence-electron chi connectivity index (χ4n) is 8.96. The zero-order valence-corrected chi connectivity index (χ0v) is 20.7. The summed E-state index contributed by atoms with van der Waals surface area (Å²) in [6.45, 7) is 6.48. The van der Waals surface area contributed by atoms with Crippen LogP contribution in [0.3, 0.4) is 0 Å². The van der Waals surface area contributed by atoms with Gasteiger partial charge in [-0.2, -0.15) is 11.8 Å². The van der Waals surface area contributed by atoms with Crippen LogP contribution >= 0.6 is 11.8 Å². The van der Waals surface area contributed by atoms with Crippen LogP contribution in [0.15, 0.2) is 16.6 Å². The van der Waals surface area contributed by atoms with E-state index in [1.54, 1.807) is 0 Å². The predicted molar refractivity (Wildman–Crippen MR) is 131 cm³/mol. The van der Waals surface area contributed by atoms with E-state index in [0.29, 0.717) is 23.4 Å². The van der Waals surface area contributed by atoms with Gasteiger partial charge in [0.1, 0.15) is 6.61 Å². The molecule has 4 N–H and O–H groups in total. The predicted octanol–water partition coefficient (Wildman–Crippen LogP) is 4.50. The lowest BCUT2D eigenvalue weighted by Crippen LogP contribution is -2.53. The second-order valence-corrected chi connectivity index (χ2v) is 13.1. The summed E-state index contributed by atoms with van der Waals surface area (Å²) in [5.74, 6) is 5.15. The maximum Gasteiger partial charge on any atom is 0.331 e. The number of thioether (sulfide) groups is 1.